The van der Waals surface area contributed by atoms with E-state index >= 15 is 0 Å². The minimum absolute atomic E-state index is 0.0494. The molecular weight excluding hydrogens is 272 g/mol. The summed E-state index contributed by atoms with van der Waals surface area (Å²) in [4.78, 5) is 10.4. The van der Waals surface area contributed by atoms with E-state index in [0.29, 0.717) is 25.0 Å². The number of ether oxygens (including phenoxy) is 2. The van der Waals surface area contributed by atoms with E-state index in [1.54, 1.807) is 12.1 Å². The summed E-state index contributed by atoms with van der Waals surface area (Å²) in [6.45, 7) is 1.98. The van der Waals surface area contributed by atoms with Crippen molar-refractivity contribution in [1.82, 2.24) is 5.32 Å². The average molecular weight is 294 g/mol. The summed E-state index contributed by atoms with van der Waals surface area (Å²) in [5.74, 6) is 0.503. The van der Waals surface area contributed by atoms with Crippen molar-refractivity contribution in [3.63, 3.8) is 0 Å². The number of hydrogen-bond acceptors (Lipinski definition) is 5. The third-order valence-corrected chi connectivity index (χ3v) is 3.66. The van der Waals surface area contributed by atoms with E-state index in [0.717, 1.165) is 12.1 Å². The highest BCUT2D eigenvalue weighted by Gasteiger charge is 2.14. The zero-order valence-electron chi connectivity index (χ0n) is 12.3. The van der Waals surface area contributed by atoms with E-state index < -0.39 is 4.92 Å². The van der Waals surface area contributed by atoms with Crippen LogP contribution in [0.5, 0.6) is 5.75 Å². The lowest BCUT2D eigenvalue weighted by atomic mass is 10.2. The van der Waals surface area contributed by atoms with Crippen LogP contribution in [0.2, 0.25) is 0 Å². The molecule has 1 fully saturated rings. The summed E-state index contributed by atoms with van der Waals surface area (Å²) in [5.41, 5.74) is 0.885. The maximum Gasteiger partial charge on any atom is 0.273 e. The van der Waals surface area contributed by atoms with Gasteiger partial charge in [0.1, 0.15) is 5.75 Å². The Labute approximate surface area is 124 Å². The van der Waals surface area contributed by atoms with Crippen molar-refractivity contribution in [1.29, 1.82) is 0 Å². The smallest absolute Gasteiger partial charge is 0.273 e. The molecule has 1 aromatic rings. The van der Waals surface area contributed by atoms with E-state index in [1.165, 1.54) is 38.9 Å². The summed E-state index contributed by atoms with van der Waals surface area (Å²) in [6.07, 6.45) is 5.30. The van der Waals surface area contributed by atoms with Crippen molar-refractivity contribution in [2.45, 2.75) is 38.3 Å². The van der Waals surface area contributed by atoms with Gasteiger partial charge in [-0.1, -0.05) is 12.8 Å². The molecule has 0 aromatic heterocycles. The first-order valence-corrected chi connectivity index (χ1v) is 7.33. The molecule has 0 heterocycles. The predicted molar refractivity (Wildman–Crippen MR) is 79.6 cm³/mol. The number of rotatable bonds is 8. The minimum atomic E-state index is -0.408. The molecule has 21 heavy (non-hydrogen) atoms. The first-order chi connectivity index (χ1) is 10.2. The van der Waals surface area contributed by atoms with Crippen molar-refractivity contribution in [3.05, 3.63) is 33.9 Å². The van der Waals surface area contributed by atoms with E-state index in [9.17, 15) is 10.1 Å². The van der Waals surface area contributed by atoms with Crippen molar-refractivity contribution in [2.24, 2.45) is 0 Å². The van der Waals surface area contributed by atoms with Crippen LogP contribution in [0.4, 0.5) is 5.69 Å². The standard InChI is InChI=1S/C15H22N2O4/c1-20-15-9-12(8-13(10-15)17(18)19)11-16-6-7-21-14-4-2-3-5-14/h8-10,14,16H,2-7,11H2,1H3. The number of benzene rings is 1. The Balaban J connectivity index is 1.76. The Bertz CT molecular complexity index is 473. The Hall–Kier alpha value is -1.66. The van der Waals surface area contributed by atoms with Gasteiger partial charge in [-0.05, 0) is 24.5 Å². The molecule has 0 atom stereocenters. The molecule has 1 aromatic carbocycles. The predicted octanol–water partition coefficient (Wildman–Crippen LogP) is 2.65. The Morgan fingerprint density at radius 3 is 2.76 bits per heavy atom. The molecule has 0 amide bonds. The van der Waals surface area contributed by atoms with E-state index in [1.807, 2.05) is 0 Å². The van der Waals surface area contributed by atoms with E-state index in [4.69, 9.17) is 9.47 Å². The second-order valence-corrected chi connectivity index (χ2v) is 5.25. The van der Waals surface area contributed by atoms with Crippen LogP contribution in [0.1, 0.15) is 31.2 Å². The average Bonchev–Trinajstić information content (AvgIpc) is 2.99. The number of nitro groups is 1. The third kappa shape index (κ3) is 4.99. The molecule has 0 unspecified atom stereocenters. The minimum Gasteiger partial charge on any atom is -0.496 e. The fraction of sp³-hybridized carbons (Fsp3) is 0.600. The molecule has 0 bridgehead atoms. The highest BCUT2D eigenvalue weighted by atomic mass is 16.6. The number of nitrogens with one attached hydrogen (secondary N) is 1. The SMILES string of the molecule is COc1cc(CNCCOC2CCCC2)cc([N+](=O)[O-])c1. The highest BCUT2D eigenvalue weighted by Crippen LogP contribution is 2.22. The quantitative estimate of drug-likeness (QED) is 0.453. The van der Waals surface area contributed by atoms with Gasteiger partial charge in [0.15, 0.2) is 0 Å². The number of nitrogens with zero attached hydrogens (tertiary/aromatic N) is 1. The van der Waals surface area contributed by atoms with Crippen molar-refractivity contribution >= 4 is 5.69 Å². The van der Waals surface area contributed by atoms with Crippen LogP contribution >= 0.6 is 0 Å². The van der Waals surface area contributed by atoms with Crippen LogP contribution in [0.25, 0.3) is 0 Å². The number of methoxy groups -OCH3 is 1. The summed E-state index contributed by atoms with van der Waals surface area (Å²) in [6, 6.07) is 4.79. The molecule has 2 rings (SSSR count). The van der Waals surface area contributed by atoms with Gasteiger partial charge in [-0.25, -0.2) is 0 Å². The lowest BCUT2D eigenvalue weighted by Gasteiger charge is -2.11. The maximum atomic E-state index is 10.9. The van der Waals surface area contributed by atoms with Crippen molar-refractivity contribution in [3.8, 4) is 5.75 Å². The zero-order chi connectivity index (χ0) is 15.1. The summed E-state index contributed by atoms with van der Waals surface area (Å²) in [7, 11) is 1.51. The van der Waals surface area contributed by atoms with Crippen LogP contribution < -0.4 is 10.1 Å². The summed E-state index contributed by atoms with van der Waals surface area (Å²) < 4.78 is 10.8. The number of hydrogen-bond donors (Lipinski definition) is 1. The molecule has 1 N–H and O–H groups in total. The van der Waals surface area contributed by atoms with Crippen LogP contribution in [-0.4, -0.2) is 31.3 Å². The van der Waals surface area contributed by atoms with Gasteiger partial charge in [-0.2, -0.15) is 0 Å². The van der Waals surface area contributed by atoms with Gasteiger partial charge in [0.2, 0.25) is 0 Å². The van der Waals surface area contributed by atoms with Gasteiger partial charge in [0, 0.05) is 19.2 Å². The molecule has 1 aliphatic carbocycles. The first-order valence-electron chi connectivity index (χ1n) is 7.33. The van der Waals surface area contributed by atoms with Gasteiger partial charge in [0.25, 0.3) is 5.69 Å². The third-order valence-electron chi connectivity index (χ3n) is 3.66. The van der Waals surface area contributed by atoms with Crippen LogP contribution in [-0.2, 0) is 11.3 Å². The molecule has 0 aliphatic heterocycles. The maximum absolute atomic E-state index is 10.9. The van der Waals surface area contributed by atoms with Gasteiger partial charge < -0.3 is 14.8 Å². The van der Waals surface area contributed by atoms with Gasteiger partial charge in [-0.3, -0.25) is 10.1 Å². The van der Waals surface area contributed by atoms with Crippen LogP contribution in [0, 0.1) is 10.1 Å². The molecule has 0 spiro atoms. The highest BCUT2D eigenvalue weighted by molar-refractivity contribution is 5.42. The summed E-state index contributed by atoms with van der Waals surface area (Å²) in [5, 5.41) is 14.1. The normalized spacial score (nSPS) is 15.3. The lowest BCUT2D eigenvalue weighted by molar-refractivity contribution is -0.385. The van der Waals surface area contributed by atoms with Crippen molar-refractivity contribution in [2.75, 3.05) is 20.3 Å². The Kier molecular flexibility index (Phi) is 5.95. The summed E-state index contributed by atoms with van der Waals surface area (Å²) >= 11 is 0. The molecule has 6 heteroatoms. The topological polar surface area (TPSA) is 73.6 Å². The zero-order valence-corrected chi connectivity index (χ0v) is 12.3. The molecular formula is C15H22N2O4. The fourth-order valence-corrected chi connectivity index (χ4v) is 2.55. The lowest BCUT2D eigenvalue weighted by Crippen LogP contribution is -2.22. The fourth-order valence-electron chi connectivity index (χ4n) is 2.55. The Morgan fingerprint density at radius 1 is 1.33 bits per heavy atom. The molecule has 1 aliphatic rings. The Morgan fingerprint density at radius 2 is 2.10 bits per heavy atom. The van der Waals surface area contributed by atoms with Crippen LogP contribution in [0.3, 0.4) is 0 Å². The van der Waals surface area contributed by atoms with Gasteiger partial charge >= 0.3 is 0 Å². The first kappa shape index (κ1) is 15.7. The number of non-ortho nitro benzene ring substituents is 1. The largest absolute Gasteiger partial charge is 0.496 e. The van der Waals surface area contributed by atoms with Crippen molar-refractivity contribution < 1.29 is 14.4 Å². The molecule has 0 radical (unpaired) electrons. The second-order valence-electron chi connectivity index (χ2n) is 5.25. The monoisotopic (exact) mass is 294 g/mol. The van der Waals surface area contributed by atoms with Gasteiger partial charge in [-0.15, -0.1) is 0 Å². The number of nitro benzene ring substituents is 1. The second kappa shape index (κ2) is 7.95. The van der Waals surface area contributed by atoms with E-state index in [2.05, 4.69) is 5.32 Å². The molecule has 0 saturated heterocycles. The molecule has 116 valence electrons. The molecule has 1 saturated carbocycles. The van der Waals surface area contributed by atoms with Crippen LogP contribution in [0.15, 0.2) is 18.2 Å². The van der Waals surface area contributed by atoms with E-state index in [-0.39, 0.29) is 5.69 Å². The van der Waals surface area contributed by atoms with Gasteiger partial charge in [0.05, 0.1) is 30.8 Å². The molecule has 6 nitrogen and oxygen atoms in total.